The number of benzene rings is 3. The van der Waals surface area contributed by atoms with Crippen LogP contribution >= 0.6 is 0 Å². The van der Waals surface area contributed by atoms with E-state index in [0.717, 1.165) is 28.4 Å². The Balaban J connectivity index is 2.11. The van der Waals surface area contributed by atoms with E-state index in [9.17, 15) is 0 Å². The molecule has 0 fully saturated rings. The lowest BCUT2D eigenvalue weighted by Crippen LogP contribution is -2.39. The van der Waals surface area contributed by atoms with Crippen molar-refractivity contribution < 1.29 is 5.73 Å². The van der Waals surface area contributed by atoms with Gasteiger partial charge in [0.25, 0.3) is 0 Å². The van der Waals surface area contributed by atoms with Crippen LogP contribution in [0.1, 0.15) is 0 Å². The third-order valence-electron chi connectivity index (χ3n) is 3.36. The number of nitrogen functional groups attached to an aromatic ring is 1. The van der Waals surface area contributed by atoms with E-state index in [4.69, 9.17) is 5.73 Å². The summed E-state index contributed by atoms with van der Waals surface area (Å²) in [4.78, 5) is 2.19. The van der Waals surface area contributed by atoms with Crippen LogP contribution in [0.3, 0.4) is 0 Å². The maximum absolute atomic E-state index is 5.80. The summed E-state index contributed by atoms with van der Waals surface area (Å²) in [5.74, 6) is 0. The Hall–Kier alpha value is -2.78. The molecule has 0 saturated heterocycles. The largest absolute Gasteiger partial charge is 0.399 e. The molecule has 3 heteroatoms. The predicted octanol–water partition coefficient (Wildman–Crippen LogP) is 3.61. The molecule has 0 bridgehead atoms. The summed E-state index contributed by atoms with van der Waals surface area (Å²) in [7, 11) is 0. The first kappa shape index (κ1) is 13.2. The molecule has 104 valence electrons. The van der Waals surface area contributed by atoms with Crippen molar-refractivity contribution in [2.45, 2.75) is 0 Å². The van der Waals surface area contributed by atoms with Crippen molar-refractivity contribution in [3.8, 4) is 0 Å². The smallest absolute Gasteiger partial charge is 0.128 e. The molecule has 0 atom stereocenters. The minimum atomic E-state index is 0.764. The van der Waals surface area contributed by atoms with Crippen molar-refractivity contribution >= 4 is 28.4 Å². The first-order chi connectivity index (χ1) is 10.2. The molecular weight excluding hydrogens is 258 g/mol. The Morgan fingerprint density at radius 2 is 1.10 bits per heavy atom. The van der Waals surface area contributed by atoms with Gasteiger partial charge in [-0.05, 0) is 48.5 Å². The van der Waals surface area contributed by atoms with Crippen LogP contribution in [0.4, 0.5) is 28.4 Å². The van der Waals surface area contributed by atoms with Crippen LogP contribution in [0.25, 0.3) is 0 Å². The SMILES string of the molecule is Nc1ccc(N(c2ccccc2)c2ccc([NH3+])cc2)cc1. The van der Waals surface area contributed by atoms with Gasteiger partial charge in [-0.2, -0.15) is 0 Å². The molecule has 0 aromatic heterocycles. The fraction of sp³-hybridized carbons (Fsp3) is 0. The van der Waals surface area contributed by atoms with Gasteiger partial charge in [0.1, 0.15) is 5.69 Å². The molecule has 0 amide bonds. The van der Waals surface area contributed by atoms with E-state index in [-0.39, 0.29) is 0 Å². The molecule has 0 heterocycles. The summed E-state index contributed by atoms with van der Waals surface area (Å²) in [6.45, 7) is 0. The van der Waals surface area contributed by atoms with Gasteiger partial charge in [0.05, 0.1) is 0 Å². The Morgan fingerprint density at radius 1 is 0.619 bits per heavy atom. The second-order valence-electron chi connectivity index (χ2n) is 4.93. The Bertz CT molecular complexity index is 658. The van der Waals surface area contributed by atoms with Crippen molar-refractivity contribution in [1.82, 2.24) is 0 Å². The second kappa shape index (κ2) is 5.69. The van der Waals surface area contributed by atoms with Crippen LogP contribution in [-0.4, -0.2) is 0 Å². The number of nitrogens with two attached hydrogens (primary N) is 1. The van der Waals surface area contributed by atoms with E-state index in [2.05, 4.69) is 34.9 Å². The van der Waals surface area contributed by atoms with Crippen LogP contribution in [0.2, 0.25) is 0 Å². The monoisotopic (exact) mass is 276 g/mol. The van der Waals surface area contributed by atoms with Gasteiger partial charge in [-0.15, -0.1) is 0 Å². The fourth-order valence-electron chi connectivity index (χ4n) is 2.29. The molecule has 0 aliphatic carbocycles. The van der Waals surface area contributed by atoms with Crippen LogP contribution in [0.5, 0.6) is 0 Å². The highest BCUT2D eigenvalue weighted by atomic mass is 15.1. The Morgan fingerprint density at radius 3 is 1.67 bits per heavy atom. The van der Waals surface area contributed by atoms with Gasteiger partial charge in [-0.3, -0.25) is 0 Å². The number of hydrogen-bond donors (Lipinski definition) is 2. The van der Waals surface area contributed by atoms with Gasteiger partial charge >= 0.3 is 0 Å². The molecule has 0 spiro atoms. The van der Waals surface area contributed by atoms with Gasteiger partial charge < -0.3 is 16.4 Å². The molecule has 3 aromatic rings. The highest BCUT2D eigenvalue weighted by molar-refractivity contribution is 5.77. The number of quaternary nitrogens is 1. The molecule has 0 unspecified atom stereocenters. The van der Waals surface area contributed by atoms with Crippen LogP contribution in [0, 0.1) is 0 Å². The van der Waals surface area contributed by atoms with E-state index in [0.29, 0.717) is 0 Å². The maximum Gasteiger partial charge on any atom is 0.128 e. The summed E-state index contributed by atoms with van der Waals surface area (Å²) >= 11 is 0. The van der Waals surface area contributed by atoms with Gasteiger partial charge in [0.2, 0.25) is 0 Å². The average Bonchev–Trinajstić information content (AvgIpc) is 2.52. The summed E-state index contributed by atoms with van der Waals surface area (Å²) in [5.41, 5.74) is 14.8. The first-order valence-electron chi connectivity index (χ1n) is 6.87. The lowest BCUT2D eigenvalue weighted by molar-refractivity contribution is -0.254. The summed E-state index contributed by atoms with van der Waals surface area (Å²) < 4.78 is 0. The molecule has 3 aromatic carbocycles. The molecule has 21 heavy (non-hydrogen) atoms. The topological polar surface area (TPSA) is 56.9 Å². The van der Waals surface area contributed by atoms with E-state index in [1.54, 1.807) is 0 Å². The van der Waals surface area contributed by atoms with Gasteiger partial charge in [0, 0.05) is 34.9 Å². The van der Waals surface area contributed by atoms with Crippen LogP contribution in [0.15, 0.2) is 78.9 Å². The highest BCUT2D eigenvalue weighted by Gasteiger charge is 2.11. The normalized spacial score (nSPS) is 10.3. The first-order valence-corrected chi connectivity index (χ1v) is 6.87. The molecule has 0 saturated carbocycles. The third-order valence-corrected chi connectivity index (χ3v) is 3.36. The third kappa shape index (κ3) is 2.88. The van der Waals surface area contributed by atoms with Gasteiger partial charge in [0.15, 0.2) is 0 Å². The molecule has 3 nitrogen and oxygen atoms in total. The minimum absolute atomic E-state index is 0.764. The molecule has 3 rings (SSSR count). The Labute approximate surface area is 124 Å². The summed E-state index contributed by atoms with van der Waals surface area (Å²) in [6.07, 6.45) is 0. The molecule has 0 aliphatic heterocycles. The van der Waals surface area contributed by atoms with E-state index in [1.807, 2.05) is 54.6 Å². The van der Waals surface area contributed by atoms with Gasteiger partial charge in [-0.25, -0.2) is 0 Å². The minimum Gasteiger partial charge on any atom is -0.399 e. The molecule has 5 N–H and O–H groups in total. The fourth-order valence-corrected chi connectivity index (χ4v) is 2.29. The van der Waals surface area contributed by atoms with Crippen LogP contribution in [-0.2, 0) is 0 Å². The number of hydrogen-bond acceptors (Lipinski definition) is 2. The molecular formula is C18H18N3+. The summed E-state index contributed by atoms with van der Waals surface area (Å²) in [6, 6.07) is 26.4. The zero-order chi connectivity index (χ0) is 14.7. The van der Waals surface area contributed by atoms with Crippen molar-refractivity contribution in [1.29, 1.82) is 0 Å². The van der Waals surface area contributed by atoms with Crippen LogP contribution < -0.4 is 16.4 Å². The number of nitrogens with zero attached hydrogens (tertiary/aromatic N) is 1. The zero-order valence-corrected chi connectivity index (χ0v) is 11.7. The van der Waals surface area contributed by atoms with Crippen molar-refractivity contribution in [2.75, 3.05) is 10.6 Å². The zero-order valence-electron chi connectivity index (χ0n) is 11.7. The Kier molecular flexibility index (Phi) is 3.58. The van der Waals surface area contributed by atoms with Crippen molar-refractivity contribution in [3.05, 3.63) is 78.9 Å². The predicted molar refractivity (Wildman–Crippen MR) is 88.1 cm³/mol. The number of para-hydroxylation sites is 1. The van der Waals surface area contributed by atoms with E-state index < -0.39 is 0 Å². The molecule has 0 aliphatic rings. The second-order valence-corrected chi connectivity index (χ2v) is 4.93. The lowest BCUT2D eigenvalue weighted by Gasteiger charge is -2.25. The maximum atomic E-state index is 5.80. The van der Waals surface area contributed by atoms with Gasteiger partial charge in [-0.1, -0.05) is 18.2 Å². The van der Waals surface area contributed by atoms with Crippen molar-refractivity contribution in [3.63, 3.8) is 0 Å². The van der Waals surface area contributed by atoms with E-state index in [1.165, 1.54) is 0 Å². The average molecular weight is 276 g/mol. The van der Waals surface area contributed by atoms with E-state index >= 15 is 0 Å². The summed E-state index contributed by atoms with van der Waals surface area (Å²) in [5, 5.41) is 0. The quantitative estimate of drug-likeness (QED) is 0.718. The number of anilines is 4. The highest BCUT2D eigenvalue weighted by Crippen LogP contribution is 2.34. The standard InChI is InChI=1S/C18H17N3/c19-14-6-10-17(11-7-14)21(16-4-2-1-3-5-16)18-12-8-15(20)9-13-18/h1-13H,19-20H2/p+1. The lowest BCUT2D eigenvalue weighted by atomic mass is 10.2. The number of rotatable bonds is 3. The molecule has 0 radical (unpaired) electrons. The van der Waals surface area contributed by atoms with Crippen molar-refractivity contribution in [2.24, 2.45) is 0 Å².